The summed E-state index contributed by atoms with van der Waals surface area (Å²) in [6.45, 7) is 1.49. The van der Waals surface area contributed by atoms with Crippen molar-refractivity contribution in [2.75, 3.05) is 32.1 Å². The fraction of sp³-hybridized carbons (Fsp3) is 0.579. The molecule has 2 atom stereocenters. The van der Waals surface area contributed by atoms with Gasteiger partial charge in [0, 0.05) is 55.8 Å². The Morgan fingerprint density at radius 2 is 2.08 bits per heavy atom. The third kappa shape index (κ3) is 2.76. The van der Waals surface area contributed by atoms with E-state index in [1.165, 1.54) is 0 Å². The molecule has 1 saturated heterocycles. The van der Waals surface area contributed by atoms with Gasteiger partial charge in [-0.15, -0.1) is 0 Å². The van der Waals surface area contributed by atoms with E-state index in [0.717, 1.165) is 50.0 Å². The quantitative estimate of drug-likeness (QED) is 0.919. The lowest BCUT2D eigenvalue weighted by Gasteiger charge is -2.19. The molecule has 2 amide bonds. The van der Waals surface area contributed by atoms with Crippen LogP contribution in [0.25, 0.3) is 0 Å². The first-order valence-corrected chi connectivity index (χ1v) is 8.86. The molecule has 1 aromatic carbocycles. The van der Waals surface area contributed by atoms with Gasteiger partial charge >= 0.3 is 0 Å². The van der Waals surface area contributed by atoms with Crippen LogP contribution in [0.1, 0.15) is 36.0 Å². The highest BCUT2D eigenvalue weighted by Gasteiger charge is 2.61. The van der Waals surface area contributed by atoms with Crippen molar-refractivity contribution in [1.82, 2.24) is 10.2 Å². The van der Waals surface area contributed by atoms with E-state index in [1.54, 1.807) is 0 Å². The summed E-state index contributed by atoms with van der Waals surface area (Å²) in [6, 6.07) is 8.17. The van der Waals surface area contributed by atoms with E-state index in [4.69, 9.17) is 0 Å². The summed E-state index contributed by atoms with van der Waals surface area (Å²) in [5.74, 6) is 0.411. The van der Waals surface area contributed by atoms with Crippen molar-refractivity contribution in [1.29, 1.82) is 0 Å². The fourth-order valence-corrected chi connectivity index (χ4v) is 3.87. The maximum atomic E-state index is 12.8. The SMILES string of the molecule is CN(C)c1cccc(C(=O)N2CC[C@@]3(C[C@@H]3C(=O)NC3CC3)C2)c1. The molecule has 0 unspecified atom stereocenters. The third-order valence-electron chi connectivity index (χ3n) is 5.71. The van der Waals surface area contributed by atoms with Gasteiger partial charge in [0.05, 0.1) is 0 Å². The van der Waals surface area contributed by atoms with Gasteiger partial charge in [-0.2, -0.15) is 0 Å². The van der Waals surface area contributed by atoms with Crippen molar-refractivity contribution in [3.63, 3.8) is 0 Å². The van der Waals surface area contributed by atoms with Crippen molar-refractivity contribution in [2.45, 2.75) is 31.7 Å². The van der Waals surface area contributed by atoms with Gasteiger partial charge in [-0.25, -0.2) is 0 Å². The highest BCUT2D eigenvalue weighted by Crippen LogP contribution is 2.58. The zero-order valence-electron chi connectivity index (χ0n) is 14.4. The normalized spacial score (nSPS) is 28.1. The third-order valence-corrected chi connectivity index (χ3v) is 5.71. The molecule has 1 aliphatic heterocycles. The van der Waals surface area contributed by atoms with E-state index in [9.17, 15) is 9.59 Å². The lowest BCUT2D eigenvalue weighted by atomic mass is 10.0. The highest BCUT2D eigenvalue weighted by molar-refractivity contribution is 5.95. The van der Waals surface area contributed by atoms with Crippen LogP contribution in [0.15, 0.2) is 24.3 Å². The van der Waals surface area contributed by atoms with Crippen molar-refractivity contribution in [3.05, 3.63) is 29.8 Å². The second kappa shape index (κ2) is 5.50. The van der Waals surface area contributed by atoms with E-state index in [2.05, 4.69) is 5.32 Å². The highest BCUT2D eigenvalue weighted by atomic mass is 16.2. The number of rotatable bonds is 4. The number of hydrogen-bond acceptors (Lipinski definition) is 3. The predicted octanol–water partition coefficient (Wildman–Crippen LogP) is 1.88. The van der Waals surface area contributed by atoms with Crippen LogP contribution < -0.4 is 10.2 Å². The number of amides is 2. The Morgan fingerprint density at radius 3 is 2.79 bits per heavy atom. The first-order valence-electron chi connectivity index (χ1n) is 8.86. The van der Waals surface area contributed by atoms with Crippen LogP contribution in [0, 0.1) is 11.3 Å². The smallest absolute Gasteiger partial charge is 0.253 e. The maximum Gasteiger partial charge on any atom is 0.253 e. The molecule has 0 aromatic heterocycles. The van der Waals surface area contributed by atoms with Gasteiger partial charge < -0.3 is 15.1 Å². The summed E-state index contributed by atoms with van der Waals surface area (Å²) >= 11 is 0. The number of nitrogens with one attached hydrogen (secondary N) is 1. The van der Waals surface area contributed by atoms with Crippen molar-refractivity contribution >= 4 is 17.5 Å². The molecular formula is C19H25N3O2. The van der Waals surface area contributed by atoms with Gasteiger partial charge in [0.25, 0.3) is 5.91 Å². The van der Waals surface area contributed by atoms with Gasteiger partial charge in [-0.05, 0) is 43.9 Å². The summed E-state index contributed by atoms with van der Waals surface area (Å²) in [5, 5.41) is 3.11. The average Bonchev–Trinajstić information content (AvgIpc) is 3.45. The van der Waals surface area contributed by atoms with Crippen LogP contribution in [0.2, 0.25) is 0 Å². The first-order chi connectivity index (χ1) is 11.5. The molecule has 128 valence electrons. The molecule has 0 radical (unpaired) electrons. The lowest BCUT2D eigenvalue weighted by Crippen LogP contribution is -2.32. The lowest BCUT2D eigenvalue weighted by molar-refractivity contribution is -0.123. The van der Waals surface area contributed by atoms with Crippen LogP contribution in [-0.4, -0.2) is 49.9 Å². The molecule has 4 rings (SSSR count). The number of carbonyl (C=O) groups is 2. The molecule has 2 aliphatic carbocycles. The number of hydrogen-bond donors (Lipinski definition) is 1. The maximum absolute atomic E-state index is 12.8. The Balaban J connectivity index is 1.41. The largest absolute Gasteiger partial charge is 0.378 e. The van der Waals surface area contributed by atoms with E-state index < -0.39 is 0 Å². The summed E-state index contributed by atoms with van der Waals surface area (Å²) in [4.78, 5) is 29.0. The van der Waals surface area contributed by atoms with Gasteiger partial charge in [-0.3, -0.25) is 9.59 Å². The summed E-state index contributed by atoms with van der Waals surface area (Å²) in [7, 11) is 3.95. The first kappa shape index (κ1) is 15.5. The van der Waals surface area contributed by atoms with E-state index in [-0.39, 0.29) is 23.1 Å². The standard InChI is InChI=1S/C19H25N3O2/c1-21(2)15-5-3-4-13(10-15)18(24)22-9-8-19(12-22)11-16(19)17(23)20-14-6-7-14/h3-5,10,14,16H,6-9,11-12H2,1-2H3,(H,20,23)/t16-,19-/m1/s1. The van der Waals surface area contributed by atoms with Gasteiger partial charge in [0.15, 0.2) is 0 Å². The number of benzene rings is 1. The summed E-state index contributed by atoms with van der Waals surface area (Å²) in [6.07, 6.45) is 4.14. The second-order valence-electron chi connectivity index (χ2n) is 7.82. The Morgan fingerprint density at radius 1 is 1.29 bits per heavy atom. The van der Waals surface area contributed by atoms with Crippen LogP contribution in [-0.2, 0) is 4.79 Å². The number of nitrogens with zero attached hydrogens (tertiary/aromatic N) is 2. The number of anilines is 1. The number of carbonyl (C=O) groups excluding carboxylic acids is 2. The van der Waals surface area contributed by atoms with Gasteiger partial charge in [-0.1, -0.05) is 6.07 Å². The predicted molar refractivity (Wildman–Crippen MR) is 93.0 cm³/mol. The van der Waals surface area contributed by atoms with Crippen molar-refractivity contribution in [2.24, 2.45) is 11.3 Å². The molecule has 3 fully saturated rings. The summed E-state index contributed by atoms with van der Waals surface area (Å²) < 4.78 is 0. The zero-order chi connectivity index (χ0) is 16.9. The van der Waals surface area contributed by atoms with E-state index >= 15 is 0 Å². The molecule has 0 bridgehead atoms. The molecule has 24 heavy (non-hydrogen) atoms. The Hall–Kier alpha value is -2.04. The molecule has 5 heteroatoms. The van der Waals surface area contributed by atoms with Crippen LogP contribution in [0.5, 0.6) is 0 Å². The van der Waals surface area contributed by atoms with Crippen LogP contribution >= 0.6 is 0 Å². The van der Waals surface area contributed by atoms with Crippen molar-refractivity contribution in [3.8, 4) is 0 Å². The molecule has 1 N–H and O–H groups in total. The van der Waals surface area contributed by atoms with Crippen molar-refractivity contribution < 1.29 is 9.59 Å². The second-order valence-corrected chi connectivity index (χ2v) is 7.82. The molecule has 5 nitrogen and oxygen atoms in total. The monoisotopic (exact) mass is 327 g/mol. The average molecular weight is 327 g/mol. The topological polar surface area (TPSA) is 52.7 Å². The van der Waals surface area contributed by atoms with Crippen LogP contribution in [0.3, 0.4) is 0 Å². The Labute approximate surface area is 143 Å². The van der Waals surface area contributed by atoms with E-state index in [0.29, 0.717) is 6.04 Å². The molecule has 1 heterocycles. The van der Waals surface area contributed by atoms with Gasteiger partial charge in [0.2, 0.25) is 5.91 Å². The van der Waals surface area contributed by atoms with E-state index in [1.807, 2.05) is 48.2 Å². The number of likely N-dealkylation sites (tertiary alicyclic amines) is 1. The zero-order valence-corrected chi connectivity index (χ0v) is 14.4. The molecule has 1 spiro atoms. The van der Waals surface area contributed by atoms with Gasteiger partial charge in [0.1, 0.15) is 0 Å². The molecule has 2 saturated carbocycles. The summed E-state index contributed by atoms with van der Waals surface area (Å²) in [5.41, 5.74) is 1.81. The minimum absolute atomic E-state index is 0.0494. The Kier molecular flexibility index (Phi) is 3.55. The molecular weight excluding hydrogens is 302 g/mol. The molecule has 1 aromatic rings. The molecule has 3 aliphatic rings. The fourth-order valence-electron chi connectivity index (χ4n) is 3.87. The van der Waals surface area contributed by atoms with Crippen LogP contribution in [0.4, 0.5) is 5.69 Å². The minimum Gasteiger partial charge on any atom is -0.378 e. The Bertz CT molecular complexity index is 683. The minimum atomic E-state index is 0.0494.